The summed E-state index contributed by atoms with van der Waals surface area (Å²) < 4.78 is 1.96. The first kappa shape index (κ1) is 13.1. The summed E-state index contributed by atoms with van der Waals surface area (Å²) in [5.41, 5.74) is 6.03. The van der Waals surface area contributed by atoms with Gasteiger partial charge in [0.05, 0.1) is 23.0 Å². The molecular formula is C18H15N3. The second-order valence-electron chi connectivity index (χ2n) is 4.98. The summed E-state index contributed by atoms with van der Waals surface area (Å²) >= 11 is 0. The van der Waals surface area contributed by atoms with Gasteiger partial charge in [-0.1, -0.05) is 30.3 Å². The van der Waals surface area contributed by atoms with Crippen LogP contribution in [0.5, 0.6) is 0 Å². The Morgan fingerprint density at radius 3 is 2.24 bits per heavy atom. The lowest BCUT2D eigenvalue weighted by Gasteiger charge is -2.05. The van der Waals surface area contributed by atoms with Crippen molar-refractivity contribution in [3.05, 3.63) is 71.5 Å². The Kier molecular flexibility index (Phi) is 3.29. The van der Waals surface area contributed by atoms with E-state index >= 15 is 0 Å². The van der Waals surface area contributed by atoms with Gasteiger partial charge < -0.3 is 0 Å². The summed E-state index contributed by atoms with van der Waals surface area (Å²) in [5.74, 6) is 0. The third kappa shape index (κ3) is 2.32. The highest BCUT2D eigenvalue weighted by atomic mass is 15.3. The normalized spacial score (nSPS) is 10.3. The van der Waals surface area contributed by atoms with E-state index in [1.807, 2.05) is 66.2 Å². The van der Waals surface area contributed by atoms with Gasteiger partial charge in [-0.15, -0.1) is 0 Å². The predicted octanol–water partition coefficient (Wildman–Crippen LogP) is 4.03. The number of aromatic nitrogens is 2. The molecule has 2 aromatic carbocycles. The summed E-state index contributed by atoms with van der Waals surface area (Å²) in [6, 6.07) is 19.9. The molecule has 3 heteroatoms. The molecule has 0 unspecified atom stereocenters. The minimum absolute atomic E-state index is 0.671. The number of hydrogen-bond acceptors (Lipinski definition) is 2. The quantitative estimate of drug-likeness (QED) is 0.707. The second kappa shape index (κ2) is 5.26. The molecule has 0 aliphatic rings. The highest BCUT2D eigenvalue weighted by molar-refractivity contribution is 5.69. The SMILES string of the molecule is Cc1nn(-c2ccccc2)c(C)c1-c1ccc(C#N)cc1. The topological polar surface area (TPSA) is 41.6 Å². The lowest BCUT2D eigenvalue weighted by Crippen LogP contribution is -1.98. The van der Waals surface area contributed by atoms with Crippen LogP contribution in [0, 0.1) is 25.2 Å². The van der Waals surface area contributed by atoms with E-state index in [0.29, 0.717) is 5.56 Å². The molecule has 0 saturated heterocycles. The van der Waals surface area contributed by atoms with Crippen LogP contribution in [-0.4, -0.2) is 9.78 Å². The Morgan fingerprint density at radius 2 is 1.62 bits per heavy atom. The number of para-hydroxylation sites is 1. The molecular weight excluding hydrogens is 258 g/mol. The van der Waals surface area contributed by atoms with Crippen LogP contribution in [0.25, 0.3) is 16.8 Å². The van der Waals surface area contributed by atoms with E-state index in [2.05, 4.69) is 18.1 Å². The summed E-state index contributed by atoms with van der Waals surface area (Å²) in [6.07, 6.45) is 0. The minimum Gasteiger partial charge on any atom is -0.237 e. The zero-order valence-electron chi connectivity index (χ0n) is 12.0. The first-order valence-corrected chi connectivity index (χ1v) is 6.83. The number of nitriles is 1. The van der Waals surface area contributed by atoms with Gasteiger partial charge in [-0.3, -0.25) is 0 Å². The van der Waals surface area contributed by atoms with Crippen LogP contribution >= 0.6 is 0 Å². The molecule has 0 saturated carbocycles. The first-order chi connectivity index (χ1) is 10.2. The largest absolute Gasteiger partial charge is 0.237 e. The molecule has 0 aliphatic heterocycles. The molecule has 1 heterocycles. The van der Waals surface area contributed by atoms with Crippen molar-refractivity contribution in [2.75, 3.05) is 0 Å². The molecule has 3 aromatic rings. The van der Waals surface area contributed by atoms with Crippen molar-refractivity contribution in [2.24, 2.45) is 0 Å². The first-order valence-electron chi connectivity index (χ1n) is 6.83. The molecule has 0 N–H and O–H groups in total. The molecule has 0 spiro atoms. The Balaban J connectivity index is 2.12. The molecule has 0 radical (unpaired) electrons. The van der Waals surface area contributed by atoms with Crippen LogP contribution in [-0.2, 0) is 0 Å². The zero-order valence-corrected chi connectivity index (χ0v) is 12.0. The maximum Gasteiger partial charge on any atom is 0.0991 e. The summed E-state index contributed by atoms with van der Waals surface area (Å²) in [7, 11) is 0. The number of aryl methyl sites for hydroxylation is 1. The van der Waals surface area contributed by atoms with E-state index in [1.165, 1.54) is 0 Å². The van der Waals surface area contributed by atoms with E-state index in [9.17, 15) is 0 Å². The standard InChI is InChI=1S/C18H15N3/c1-13-18(16-10-8-15(12-19)9-11-16)14(2)21(20-13)17-6-4-3-5-7-17/h3-11H,1-2H3. The molecule has 3 rings (SSSR count). The molecule has 0 atom stereocenters. The third-order valence-corrected chi connectivity index (χ3v) is 3.59. The van der Waals surface area contributed by atoms with Crippen LogP contribution in [0.3, 0.4) is 0 Å². The van der Waals surface area contributed by atoms with Crippen molar-refractivity contribution in [2.45, 2.75) is 13.8 Å². The fourth-order valence-electron chi connectivity index (χ4n) is 2.59. The number of benzene rings is 2. The monoisotopic (exact) mass is 273 g/mol. The van der Waals surface area contributed by atoms with E-state index in [0.717, 1.165) is 28.2 Å². The maximum absolute atomic E-state index is 8.89. The van der Waals surface area contributed by atoms with Gasteiger partial charge in [-0.25, -0.2) is 4.68 Å². The highest BCUT2D eigenvalue weighted by Crippen LogP contribution is 2.28. The zero-order chi connectivity index (χ0) is 14.8. The van der Waals surface area contributed by atoms with E-state index in [-0.39, 0.29) is 0 Å². The minimum atomic E-state index is 0.671. The highest BCUT2D eigenvalue weighted by Gasteiger charge is 2.14. The molecule has 0 amide bonds. The molecule has 21 heavy (non-hydrogen) atoms. The smallest absolute Gasteiger partial charge is 0.0991 e. The van der Waals surface area contributed by atoms with Crippen molar-refractivity contribution < 1.29 is 0 Å². The Morgan fingerprint density at radius 1 is 0.952 bits per heavy atom. The fourth-order valence-corrected chi connectivity index (χ4v) is 2.59. The van der Waals surface area contributed by atoms with Gasteiger partial charge in [0.15, 0.2) is 0 Å². The average molecular weight is 273 g/mol. The Labute approximate surface area is 124 Å². The number of rotatable bonds is 2. The molecule has 102 valence electrons. The Bertz CT molecular complexity index is 806. The van der Waals surface area contributed by atoms with Gasteiger partial charge in [-0.05, 0) is 43.7 Å². The van der Waals surface area contributed by atoms with Gasteiger partial charge in [0, 0.05) is 11.3 Å². The number of nitrogens with zero attached hydrogens (tertiary/aromatic N) is 3. The average Bonchev–Trinajstić information content (AvgIpc) is 2.83. The fraction of sp³-hybridized carbons (Fsp3) is 0.111. The van der Waals surface area contributed by atoms with E-state index in [4.69, 9.17) is 5.26 Å². The van der Waals surface area contributed by atoms with Crippen LogP contribution in [0.1, 0.15) is 17.0 Å². The van der Waals surface area contributed by atoms with Gasteiger partial charge in [0.1, 0.15) is 0 Å². The van der Waals surface area contributed by atoms with Gasteiger partial charge in [0.25, 0.3) is 0 Å². The van der Waals surface area contributed by atoms with E-state index in [1.54, 1.807) is 0 Å². The lowest BCUT2D eigenvalue weighted by atomic mass is 10.0. The maximum atomic E-state index is 8.89. The summed E-state index contributed by atoms with van der Waals surface area (Å²) in [4.78, 5) is 0. The van der Waals surface area contributed by atoms with Crippen LogP contribution < -0.4 is 0 Å². The lowest BCUT2D eigenvalue weighted by molar-refractivity contribution is 0.834. The number of hydrogen-bond donors (Lipinski definition) is 0. The van der Waals surface area contributed by atoms with Crippen molar-refractivity contribution in [1.29, 1.82) is 5.26 Å². The van der Waals surface area contributed by atoms with Gasteiger partial charge in [0.2, 0.25) is 0 Å². The predicted molar refractivity (Wildman–Crippen MR) is 83.2 cm³/mol. The van der Waals surface area contributed by atoms with Crippen molar-refractivity contribution in [3.63, 3.8) is 0 Å². The van der Waals surface area contributed by atoms with Crippen LogP contribution in [0.2, 0.25) is 0 Å². The van der Waals surface area contributed by atoms with Crippen LogP contribution in [0.15, 0.2) is 54.6 Å². The van der Waals surface area contributed by atoms with Crippen LogP contribution in [0.4, 0.5) is 0 Å². The molecule has 0 bridgehead atoms. The third-order valence-electron chi connectivity index (χ3n) is 3.59. The Hall–Kier alpha value is -2.86. The summed E-state index contributed by atoms with van der Waals surface area (Å²) in [6.45, 7) is 4.08. The van der Waals surface area contributed by atoms with E-state index < -0.39 is 0 Å². The van der Waals surface area contributed by atoms with Crippen molar-refractivity contribution >= 4 is 0 Å². The molecule has 0 aliphatic carbocycles. The molecule has 3 nitrogen and oxygen atoms in total. The molecule has 0 fully saturated rings. The second-order valence-corrected chi connectivity index (χ2v) is 4.98. The van der Waals surface area contributed by atoms with Crippen molar-refractivity contribution in [1.82, 2.24) is 9.78 Å². The van der Waals surface area contributed by atoms with Gasteiger partial charge >= 0.3 is 0 Å². The van der Waals surface area contributed by atoms with Crippen molar-refractivity contribution in [3.8, 4) is 22.9 Å². The summed E-state index contributed by atoms with van der Waals surface area (Å²) in [5, 5.41) is 13.5. The molecule has 1 aromatic heterocycles. The van der Waals surface area contributed by atoms with Gasteiger partial charge in [-0.2, -0.15) is 10.4 Å².